The molecule has 4 nitrogen and oxygen atoms in total. The average molecular weight is 418 g/mol. The van der Waals surface area contributed by atoms with Gasteiger partial charge in [-0.1, -0.05) is 42.0 Å². The van der Waals surface area contributed by atoms with Crippen molar-refractivity contribution < 1.29 is 13.9 Å². The Bertz CT molecular complexity index is 1140. The summed E-state index contributed by atoms with van der Waals surface area (Å²) < 4.78 is 18.6. The van der Waals surface area contributed by atoms with Crippen LogP contribution in [0.3, 0.4) is 0 Å². The first-order valence-electron chi connectivity index (χ1n) is 9.38. The number of hydrogen-bond acceptors (Lipinski definition) is 4. The average Bonchev–Trinajstić information content (AvgIpc) is 3.22. The molecule has 4 rings (SSSR count). The van der Waals surface area contributed by atoms with E-state index in [1.165, 1.54) is 29.0 Å². The van der Waals surface area contributed by atoms with E-state index in [1.54, 1.807) is 12.1 Å². The Morgan fingerprint density at radius 1 is 0.933 bits per heavy atom. The molecule has 0 unspecified atom stereocenters. The van der Waals surface area contributed by atoms with Crippen LogP contribution in [0.5, 0.6) is 5.75 Å². The summed E-state index contributed by atoms with van der Waals surface area (Å²) in [7, 11) is 0. The number of ether oxygens (including phenoxy) is 1. The fourth-order valence-electron chi connectivity index (χ4n) is 2.88. The van der Waals surface area contributed by atoms with Gasteiger partial charge in [-0.2, -0.15) is 0 Å². The van der Waals surface area contributed by atoms with Gasteiger partial charge in [0.15, 0.2) is 11.7 Å². The first-order valence-corrected chi connectivity index (χ1v) is 10.3. The predicted octanol–water partition coefficient (Wildman–Crippen LogP) is 5.94. The highest BCUT2D eigenvalue weighted by molar-refractivity contribution is 7.14. The maximum atomic E-state index is 13.0. The zero-order chi connectivity index (χ0) is 20.9. The topological polar surface area (TPSA) is 51.2 Å². The smallest absolute Gasteiger partial charge is 0.264 e. The molecular formula is C24H19FN2O2S. The minimum Gasteiger partial charge on any atom is -0.484 e. The molecule has 1 heterocycles. The molecule has 3 aromatic carbocycles. The number of benzene rings is 3. The normalized spacial score (nSPS) is 10.6. The number of halogens is 1. The molecule has 4 aromatic rings. The van der Waals surface area contributed by atoms with Gasteiger partial charge in [0.1, 0.15) is 11.6 Å². The van der Waals surface area contributed by atoms with Gasteiger partial charge in [0.25, 0.3) is 5.91 Å². The minimum atomic E-state index is -0.299. The van der Waals surface area contributed by atoms with Crippen LogP contribution in [0, 0.1) is 12.7 Å². The van der Waals surface area contributed by atoms with Crippen molar-refractivity contribution in [3.8, 4) is 28.1 Å². The van der Waals surface area contributed by atoms with Crippen molar-refractivity contribution in [2.75, 3.05) is 11.9 Å². The van der Waals surface area contributed by atoms with Crippen molar-refractivity contribution in [2.24, 2.45) is 0 Å². The number of nitrogens with one attached hydrogen (secondary N) is 1. The zero-order valence-corrected chi connectivity index (χ0v) is 17.1. The molecule has 0 aliphatic carbocycles. The van der Waals surface area contributed by atoms with Gasteiger partial charge in [0, 0.05) is 10.9 Å². The van der Waals surface area contributed by atoms with Crippen molar-refractivity contribution in [3.63, 3.8) is 0 Å². The first-order chi connectivity index (χ1) is 14.6. The number of nitrogens with zero attached hydrogens (tertiary/aromatic N) is 1. The third-order valence-corrected chi connectivity index (χ3v) is 5.26. The summed E-state index contributed by atoms with van der Waals surface area (Å²) in [4.78, 5) is 16.5. The van der Waals surface area contributed by atoms with Gasteiger partial charge in [-0.25, -0.2) is 9.37 Å². The molecule has 0 aliphatic heterocycles. The van der Waals surface area contributed by atoms with Crippen molar-refractivity contribution in [3.05, 3.63) is 89.6 Å². The van der Waals surface area contributed by atoms with Crippen LogP contribution in [0.25, 0.3) is 22.4 Å². The molecule has 30 heavy (non-hydrogen) atoms. The number of aryl methyl sites for hydroxylation is 1. The lowest BCUT2D eigenvalue weighted by atomic mass is 10.0. The highest BCUT2D eigenvalue weighted by Crippen LogP contribution is 2.25. The van der Waals surface area contributed by atoms with Crippen molar-refractivity contribution >= 4 is 22.4 Å². The maximum absolute atomic E-state index is 13.0. The minimum absolute atomic E-state index is 0.116. The molecule has 1 N–H and O–H groups in total. The largest absolute Gasteiger partial charge is 0.484 e. The highest BCUT2D eigenvalue weighted by Gasteiger charge is 2.09. The summed E-state index contributed by atoms with van der Waals surface area (Å²) in [6, 6.07) is 22.0. The van der Waals surface area contributed by atoms with Gasteiger partial charge in [0.2, 0.25) is 0 Å². The van der Waals surface area contributed by atoms with E-state index in [9.17, 15) is 9.18 Å². The molecule has 0 fully saturated rings. The second kappa shape index (κ2) is 8.88. The summed E-state index contributed by atoms with van der Waals surface area (Å²) in [6.07, 6.45) is 0. The number of hydrogen-bond donors (Lipinski definition) is 1. The molecule has 0 saturated carbocycles. The van der Waals surface area contributed by atoms with E-state index >= 15 is 0 Å². The molecular weight excluding hydrogens is 399 g/mol. The van der Waals surface area contributed by atoms with Crippen LogP contribution in [0.1, 0.15) is 5.56 Å². The summed E-state index contributed by atoms with van der Waals surface area (Å²) in [6.45, 7) is 1.94. The van der Waals surface area contributed by atoms with Crippen LogP contribution in [0.4, 0.5) is 9.52 Å². The molecule has 0 bridgehead atoms. The summed E-state index contributed by atoms with van der Waals surface area (Å²) >= 11 is 1.31. The van der Waals surface area contributed by atoms with E-state index < -0.39 is 0 Å². The summed E-state index contributed by atoms with van der Waals surface area (Å²) in [5, 5.41) is 5.01. The van der Waals surface area contributed by atoms with Crippen LogP contribution in [-0.2, 0) is 4.79 Å². The van der Waals surface area contributed by atoms with Gasteiger partial charge in [-0.05, 0) is 54.4 Å². The standard InChI is InChI=1S/C24H19FN2O2S/c1-16-2-4-17(5-3-16)18-8-12-21(13-9-18)29-14-23(28)27-24-26-22(15-30-24)19-6-10-20(25)11-7-19/h2-13,15H,14H2,1H3,(H,26,27,28). The Morgan fingerprint density at radius 2 is 1.53 bits per heavy atom. The molecule has 1 aromatic heterocycles. The molecule has 1 amide bonds. The third-order valence-electron chi connectivity index (χ3n) is 4.50. The number of aromatic nitrogens is 1. The lowest BCUT2D eigenvalue weighted by Crippen LogP contribution is -2.20. The quantitative estimate of drug-likeness (QED) is 0.421. The highest BCUT2D eigenvalue weighted by atomic mass is 32.1. The third kappa shape index (κ3) is 4.90. The Hall–Kier alpha value is -3.51. The van der Waals surface area contributed by atoms with Gasteiger partial charge in [-0.3, -0.25) is 10.1 Å². The fraction of sp³-hybridized carbons (Fsp3) is 0.0833. The number of carbonyl (C=O) groups excluding carboxylic acids is 1. The Labute approximate surface area is 178 Å². The zero-order valence-electron chi connectivity index (χ0n) is 16.3. The first kappa shape index (κ1) is 19.8. The molecule has 0 atom stereocenters. The number of rotatable bonds is 6. The Morgan fingerprint density at radius 3 is 2.20 bits per heavy atom. The lowest BCUT2D eigenvalue weighted by Gasteiger charge is -2.07. The molecule has 0 radical (unpaired) electrons. The van der Waals surface area contributed by atoms with Crippen molar-refractivity contribution in [1.82, 2.24) is 4.98 Å². The van der Waals surface area contributed by atoms with Crippen LogP contribution in [0.2, 0.25) is 0 Å². The SMILES string of the molecule is Cc1ccc(-c2ccc(OCC(=O)Nc3nc(-c4ccc(F)cc4)cs3)cc2)cc1. The van der Waals surface area contributed by atoms with Crippen molar-refractivity contribution in [2.45, 2.75) is 6.92 Å². The van der Waals surface area contributed by atoms with Gasteiger partial charge in [-0.15, -0.1) is 11.3 Å². The molecule has 0 saturated heterocycles. The Kier molecular flexibility index (Phi) is 5.86. The molecule has 6 heteroatoms. The number of amides is 1. The molecule has 0 aliphatic rings. The monoisotopic (exact) mass is 418 g/mol. The maximum Gasteiger partial charge on any atom is 0.264 e. The van der Waals surface area contributed by atoms with E-state index in [0.29, 0.717) is 16.6 Å². The van der Waals surface area contributed by atoms with Gasteiger partial charge < -0.3 is 4.74 Å². The van der Waals surface area contributed by atoms with Gasteiger partial charge in [0.05, 0.1) is 5.69 Å². The fourth-order valence-corrected chi connectivity index (χ4v) is 3.61. The van der Waals surface area contributed by atoms with E-state index in [1.807, 2.05) is 29.6 Å². The van der Waals surface area contributed by atoms with Crippen LogP contribution < -0.4 is 10.1 Å². The number of anilines is 1. The molecule has 0 spiro atoms. The Balaban J connectivity index is 1.31. The van der Waals surface area contributed by atoms with Gasteiger partial charge >= 0.3 is 0 Å². The van der Waals surface area contributed by atoms with E-state index in [-0.39, 0.29) is 18.3 Å². The van der Waals surface area contributed by atoms with Crippen molar-refractivity contribution in [1.29, 1.82) is 0 Å². The summed E-state index contributed by atoms with van der Waals surface area (Å²) in [5.41, 5.74) is 4.91. The molecule has 150 valence electrons. The lowest BCUT2D eigenvalue weighted by molar-refractivity contribution is -0.118. The van der Waals surface area contributed by atoms with Crippen LogP contribution in [0.15, 0.2) is 78.2 Å². The second-order valence-electron chi connectivity index (χ2n) is 6.77. The summed E-state index contributed by atoms with van der Waals surface area (Å²) in [5.74, 6) is 0.0244. The number of carbonyl (C=O) groups is 1. The van der Waals surface area contributed by atoms with E-state index in [0.717, 1.165) is 16.7 Å². The van der Waals surface area contributed by atoms with E-state index in [2.05, 4.69) is 41.5 Å². The van der Waals surface area contributed by atoms with E-state index in [4.69, 9.17) is 4.74 Å². The van der Waals surface area contributed by atoms with Crippen LogP contribution in [-0.4, -0.2) is 17.5 Å². The second-order valence-corrected chi connectivity index (χ2v) is 7.63. The number of thiazole rings is 1. The van der Waals surface area contributed by atoms with Crippen LogP contribution >= 0.6 is 11.3 Å². The predicted molar refractivity (Wildman–Crippen MR) is 118 cm³/mol.